The van der Waals surface area contributed by atoms with Crippen LogP contribution in [0.15, 0.2) is 18.2 Å². The Morgan fingerprint density at radius 1 is 1.40 bits per heavy atom. The number of aromatic nitrogens is 1. The van der Waals surface area contributed by atoms with Gasteiger partial charge in [-0.3, -0.25) is 0 Å². The third-order valence-corrected chi connectivity index (χ3v) is 2.15. The summed E-state index contributed by atoms with van der Waals surface area (Å²) < 4.78 is 5.02. The van der Waals surface area contributed by atoms with Crippen LogP contribution in [-0.4, -0.2) is 31.8 Å². The van der Waals surface area contributed by atoms with Gasteiger partial charge < -0.3 is 15.4 Å². The summed E-state index contributed by atoms with van der Waals surface area (Å²) in [7, 11) is 3.58. The van der Waals surface area contributed by atoms with Crippen molar-refractivity contribution in [3.05, 3.63) is 18.2 Å². The lowest BCUT2D eigenvalue weighted by Crippen LogP contribution is -2.18. The van der Waals surface area contributed by atoms with Gasteiger partial charge in [0, 0.05) is 26.8 Å². The van der Waals surface area contributed by atoms with Crippen molar-refractivity contribution in [2.45, 2.75) is 19.4 Å². The third-order valence-electron chi connectivity index (χ3n) is 2.15. The summed E-state index contributed by atoms with van der Waals surface area (Å²) in [4.78, 5) is 4.38. The smallest absolute Gasteiger partial charge is 0.128 e. The van der Waals surface area contributed by atoms with Crippen LogP contribution in [0.2, 0.25) is 0 Å². The van der Waals surface area contributed by atoms with Crippen molar-refractivity contribution in [2.24, 2.45) is 0 Å². The van der Waals surface area contributed by atoms with Crippen molar-refractivity contribution < 1.29 is 4.74 Å². The van der Waals surface area contributed by atoms with E-state index in [1.807, 2.05) is 25.2 Å². The second kappa shape index (κ2) is 6.24. The van der Waals surface area contributed by atoms with E-state index in [9.17, 15) is 0 Å². The van der Waals surface area contributed by atoms with Crippen molar-refractivity contribution in [1.82, 2.24) is 4.98 Å². The topological polar surface area (TPSA) is 46.2 Å². The maximum Gasteiger partial charge on any atom is 0.128 e. The first-order valence-corrected chi connectivity index (χ1v) is 5.16. The zero-order chi connectivity index (χ0) is 11.1. The summed E-state index contributed by atoms with van der Waals surface area (Å²) in [6.07, 6.45) is 0.974. The molecule has 1 rings (SSSR count). The molecule has 0 radical (unpaired) electrons. The van der Waals surface area contributed by atoms with Gasteiger partial charge in [0.05, 0.1) is 0 Å². The van der Waals surface area contributed by atoms with E-state index in [0.29, 0.717) is 6.04 Å². The van der Waals surface area contributed by atoms with E-state index in [4.69, 9.17) is 4.74 Å². The Balaban J connectivity index is 2.48. The Kier molecular flexibility index (Phi) is 4.90. The molecule has 0 aromatic carbocycles. The number of ether oxygens (including phenoxy) is 1. The second-order valence-corrected chi connectivity index (χ2v) is 3.48. The van der Waals surface area contributed by atoms with Gasteiger partial charge in [0.25, 0.3) is 0 Å². The first-order chi connectivity index (χ1) is 7.26. The summed E-state index contributed by atoms with van der Waals surface area (Å²) in [6.45, 7) is 2.88. The molecular formula is C11H19N3O. The molecule has 1 atom stereocenters. The fourth-order valence-corrected chi connectivity index (χ4v) is 1.27. The molecule has 1 unspecified atom stereocenters. The minimum absolute atomic E-state index is 0.365. The average molecular weight is 209 g/mol. The number of anilines is 2. The summed E-state index contributed by atoms with van der Waals surface area (Å²) in [6, 6.07) is 6.24. The van der Waals surface area contributed by atoms with E-state index in [1.54, 1.807) is 7.11 Å². The van der Waals surface area contributed by atoms with E-state index in [1.165, 1.54) is 0 Å². The molecule has 4 nitrogen and oxygen atoms in total. The van der Waals surface area contributed by atoms with E-state index < -0.39 is 0 Å². The average Bonchev–Trinajstić information content (AvgIpc) is 2.26. The van der Waals surface area contributed by atoms with Crippen LogP contribution in [0, 0.1) is 0 Å². The van der Waals surface area contributed by atoms with Crippen molar-refractivity contribution in [1.29, 1.82) is 0 Å². The molecule has 0 spiro atoms. The SMILES string of the molecule is CNc1cccc(NC(C)CCOC)n1. The highest BCUT2D eigenvalue weighted by atomic mass is 16.5. The van der Waals surface area contributed by atoms with Crippen molar-refractivity contribution >= 4 is 11.6 Å². The Hall–Kier alpha value is -1.29. The van der Waals surface area contributed by atoms with Crippen LogP contribution in [-0.2, 0) is 4.74 Å². The number of methoxy groups -OCH3 is 1. The van der Waals surface area contributed by atoms with Gasteiger partial charge in [0.1, 0.15) is 11.6 Å². The summed E-state index contributed by atoms with van der Waals surface area (Å²) >= 11 is 0. The van der Waals surface area contributed by atoms with Crippen LogP contribution in [0.4, 0.5) is 11.6 Å². The number of hydrogen-bond acceptors (Lipinski definition) is 4. The fourth-order valence-electron chi connectivity index (χ4n) is 1.27. The van der Waals surface area contributed by atoms with Crippen LogP contribution in [0.5, 0.6) is 0 Å². The lowest BCUT2D eigenvalue weighted by atomic mass is 10.2. The first kappa shape index (κ1) is 11.8. The normalized spacial score (nSPS) is 12.2. The number of nitrogens with zero attached hydrogens (tertiary/aromatic N) is 1. The van der Waals surface area contributed by atoms with Crippen LogP contribution in [0.3, 0.4) is 0 Å². The Morgan fingerprint density at radius 2 is 2.13 bits per heavy atom. The maximum atomic E-state index is 5.02. The molecule has 0 saturated carbocycles. The van der Waals surface area contributed by atoms with Crippen LogP contribution >= 0.6 is 0 Å². The van der Waals surface area contributed by atoms with Crippen molar-refractivity contribution in [3.63, 3.8) is 0 Å². The van der Waals surface area contributed by atoms with Crippen LogP contribution in [0.25, 0.3) is 0 Å². The van der Waals surface area contributed by atoms with E-state index in [2.05, 4.69) is 22.5 Å². The maximum absolute atomic E-state index is 5.02. The standard InChI is InChI=1S/C11H19N3O/c1-9(7-8-15-3)13-11-6-4-5-10(12-2)14-11/h4-6,9H,7-8H2,1-3H3,(H2,12,13,14). The molecule has 0 aliphatic heterocycles. The molecule has 1 aromatic heterocycles. The molecule has 4 heteroatoms. The van der Waals surface area contributed by atoms with E-state index in [0.717, 1.165) is 24.7 Å². The number of hydrogen-bond donors (Lipinski definition) is 2. The Bertz CT molecular complexity index is 291. The van der Waals surface area contributed by atoms with Crippen molar-refractivity contribution in [2.75, 3.05) is 31.4 Å². The highest BCUT2D eigenvalue weighted by Gasteiger charge is 2.02. The second-order valence-electron chi connectivity index (χ2n) is 3.48. The van der Waals surface area contributed by atoms with E-state index >= 15 is 0 Å². The molecule has 0 bridgehead atoms. The summed E-state index contributed by atoms with van der Waals surface area (Å²) in [5.74, 6) is 1.77. The molecular weight excluding hydrogens is 190 g/mol. The molecule has 0 saturated heterocycles. The molecule has 2 N–H and O–H groups in total. The van der Waals surface area contributed by atoms with E-state index in [-0.39, 0.29) is 0 Å². The molecule has 0 aliphatic rings. The quantitative estimate of drug-likeness (QED) is 0.752. The Morgan fingerprint density at radius 3 is 2.80 bits per heavy atom. The van der Waals surface area contributed by atoms with Crippen LogP contribution in [0.1, 0.15) is 13.3 Å². The van der Waals surface area contributed by atoms with Gasteiger partial charge in [-0.25, -0.2) is 4.98 Å². The van der Waals surface area contributed by atoms with Gasteiger partial charge in [-0.2, -0.15) is 0 Å². The summed E-state index contributed by atoms with van der Waals surface area (Å²) in [5, 5.41) is 6.33. The van der Waals surface area contributed by atoms with Crippen molar-refractivity contribution in [3.8, 4) is 0 Å². The lowest BCUT2D eigenvalue weighted by molar-refractivity contribution is 0.191. The molecule has 1 aromatic rings. The van der Waals surface area contributed by atoms with Gasteiger partial charge >= 0.3 is 0 Å². The Labute approximate surface area is 91.1 Å². The first-order valence-electron chi connectivity index (χ1n) is 5.16. The van der Waals surface area contributed by atoms with Gasteiger partial charge in [-0.15, -0.1) is 0 Å². The van der Waals surface area contributed by atoms with Gasteiger partial charge in [0.15, 0.2) is 0 Å². The molecule has 15 heavy (non-hydrogen) atoms. The zero-order valence-electron chi connectivity index (χ0n) is 9.58. The highest BCUT2D eigenvalue weighted by Crippen LogP contribution is 2.10. The van der Waals surface area contributed by atoms with Gasteiger partial charge in [-0.1, -0.05) is 6.07 Å². The highest BCUT2D eigenvalue weighted by molar-refractivity contribution is 5.45. The predicted molar refractivity (Wildman–Crippen MR) is 63.4 cm³/mol. The molecule has 1 heterocycles. The zero-order valence-corrected chi connectivity index (χ0v) is 9.58. The molecule has 0 fully saturated rings. The monoisotopic (exact) mass is 209 g/mol. The van der Waals surface area contributed by atoms with Gasteiger partial charge in [-0.05, 0) is 25.5 Å². The fraction of sp³-hybridized carbons (Fsp3) is 0.545. The van der Waals surface area contributed by atoms with Crippen LogP contribution < -0.4 is 10.6 Å². The minimum atomic E-state index is 0.365. The lowest BCUT2D eigenvalue weighted by Gasteiger charge is -2.14. The summed E-state index contributed by atoms with van der Waals surface area (Å²) in [5.41, 5.74) is 0. The molecule has 0 aliphatic carbocycles. The van der Waals surface area contributed by atoms with Gasteiger partial charge in [0.2, 0.25) is 0 Å². The third kappa shape index (κ3) is 4.16. The predicted octanol–water partition coefficient (Wildman–Crippen LogP) is 1.96. The minimum Gasteiger partial charge on any atom is -0.385 e. The molecule has 84 valence electrons. The largest absolute Gasteiger partial charge is 0.385 e. The number of nitrogens with one attached hydrogen (secondary N) is 2. The number of pyridine rings is 1. The molecule has 0 amide bonds. The number of rotatable bonds is 6.